The second-order valence-electron chi connectivity index (χ2n) is 3.65. The van der Waals surface area contributed by atoms with Gasteiger partial charge in [0.1, 0.15) is 5.84 Å². The van der Waals surface area contributed by atoms with Crippen LogP contribution in [0.15, 0.2) is 29.3 Å². The summed E-state index contributed by atoms with van der Waals surface area (Å²) in [6, 6.07) is 8.38. The molecule has 2 heteroatoms. The Hall–Kier alpha value is -1.31. The molecule has 2 nitrogen and oxygen atoms in total. The Balaban J connectivity index is 2.05. The van der Waals surface area contributed by atoms with E-state index in [0.717, 1.165) is 18.8 Å². The highest BCUT2D eigenvalue weighted by molar-refractivity contribution is 5.97. The summed E-state index contributed by atoms with van der Waals surface area (Å²) in [5.74, 6) is 1.14. The molecular weight excluding hydrogens is 172 g/mol. The third-order valence-corrected chi connectivity index (χ3v) is 2.50. The summed E-state index contributed by atoms with van der Waals surface area (Å²) < 4.78 is 0. The number of amidine groups is 1. The number of unbranched alkanes of at least 4 members (excludes halogenated alkanes) is 1. The van der Waals surface area contributed by atoms with Gasteiger partial charge in [-0.15, -0.1) is 0 Å². The molecule has 0 aliphatic carbocycles. The number of nitrogens with zero attached hydrogens (tertiary/aromatic N) is 1. The van der Waals surface area contributed by atoms with Crippen LogP contribution >= 0.6 is 0 Å². The van der Waals surface area contributed by atoms with Crippen molar-refractivity contribution in [1.29, 1.82) is 0 Å². The van der Waals surface area contributed by atoms with E-state index < -0.39 is 0 Å². The molecule has 74 valence electrons. The van der Waals surface area contributed by atoms with Gasteiger partial charge in [0.15, 0.2) is 0 Å². The molecule has 1 aliphatic heterocycles. The highest BCUT2D eigenvalue weighted by Gasteiger charge is 2.09. The van der Waals surface area contributed by atoms with Crippen molar-refractivity contribution in [3.63, 3.8) is 0 Å². The molecule has 0 bridgehead atoms. The maximum Gasteiger partial charge on any atom is 0.101 e. The number of hydrogen-bond donors (Lipinski definition) is 1. The van der Waals surface area contributed by atoms with Gasteiger partial charge in [-0.1, -0.05) is 31.5 Å². The quantitative estimate of drug-likeness (QED) is 0.774. The summed E-state index contributed by atoms with van der Waals surface area (Å²) in [6.45, 7) is 3.04. The van der Waals surface area contributed by atoms with Gasteiger partial charge in [-0.2, -0.15) is 0 Å². The van der Waals surface area contributed by atoms with Gasteiger partial charge in [0, 0.05) is 12.1 Å². The largest absolute Gasteiger partial charge is 0.344 e. The average Bonchev–Trinajstić information content (AvgIpc) is 2.26. The number of aliphatic imine (C=N–C) groups is 1. The van der Waals surface area contributed by atoms with Crippen LogP contribution < -0.4 is 5.32 Å². The molecular formula is C12H16N2. The number of para-hydroxylation sites is 1. The fourth-order valence-electron chi connectivity index (χ4n) is 1.64. The van der Waals surface area contributed by atoms with E-state index in [9.17, 15) is 0 Å². The second-order valence-corrected chi connectivity index (χ2v) is 3.65. The molecule has 0 aromatic heterocycles. The lowest BCUT2D eigenvalue weighted by atomic mass is 10.1. The van der Waals surface area contributed by atoms with Crippen molar-refractivity contribution < 1.29 is 0 Å². The third kappa shape index (κ3) is 1.95. The highest BCUT2D eigenvalue weighted by atomic mass is 15.0. The number of benzene rings is 1. The second kappa shape index (κ2) is 4.27. The molecule has 1 aliphatic rings. The zero-order valence-corrected chi connectivity index (χ0v) is 8.59. The summed E-state index contributed by atoms with van der Waals surface area (Å²) >= 11 is 0. The van der Waals surface area contributed by atoms with Crippen LogP contribution in [0.3, 0.4) is 0 Å². The molecule has 0 fully saturated rings. The van der Waals surface area contributed by atoms with E-state index >= 15 is 0 Å². The van der Waals surface area contributed by atoms with Crippen molar-refractivity contribution in [2.45, 2.75) is 32.7 Å². The normalized spacial score (nSPS) is 14.2. The summed E-state index contributed by atoms with van der Waals surface area (Å²) in [4.78, 5) is 4.51. The van der Waals surface area contributed by atoms with Gasteiger partial charge in [-0.05, 0) is 18.1 Å². The summed E-state index contributed by atoms with van der Waals surface area (Å²) in [7, 11) is 0. The van der Waals surface area contributed by atoms with Crippen molar-refractivity contribution >= 4 is 11.5 Å². The SMILES string of the molecule is CCCCC1=NCc2ccccc2N1. The third-order valence-electron chi connectivity index (χ3n) is 2.50. The summed E-state index contributed by atoms with van der Waals surface area (Å²) in [5, 5.41) is 3.38. The van der Waals surface area contributed by atoms with Gasteiger partial charge in [-0.3, -0.25) is 4.99 Å². The highest BCUT2D eigenvalue weighted by Crippen LogP contribution is 2.20. The van der Waals surface area contributed by atoms with Crippen LogP contribution in [0.25, 0.3) is 0 Å². The molecule has 0 saturated heterocycles. The van der Waals surface area contributed by atoms with Crippen LogP contribution in [0.4, 0.5) is 5.69 Å². The summed E-state index contributed by atoms with van der Waals surface area (Å²) in [6.07, 6.45) is 3.52. The molecule has 1 N–H and O–H groups in total. The minimum atomic E-state index is 0.836. The fourth-order valence-corrected chi connectivity index (χ4v) is 1.64. The van der Waals surface area contributed by atoms with Gasteiger partial charge in [0.05, 0.1) is 6.54 Å². The molecule has 14 heavy (non-hydrogen) atoms. The average molecular weight is 188 g/mol. The maximum absolute atomic E-state index is 4.51. The molecule has 0 amide bonds. The van der Waals surface area contributed by atoms with Crippen LogP contribution in [-0.4, -0.2) is 5.84 Å². The standard InChI is InChI=1S/C12H16N2/c1-2-3-8-12-13-9-10-6-4-5-7-11(10)14-12/h4-7H,2-3,8-9H2,1H3,(H,13,14). The Morgan fingerprint density at radius 3 is 3.07 bits per heavy atom. The van der Waals surface area contributed by atoms with Crippen LogP contribution in [0.5, 0.6) is 0 Å². The first kappa shape index (κ1) is 9.25. The van der Waals surface area contributed by atoms with E-state index in [-0.39, 0.29) is 0 Å². The number of rotatable bonds is 3. The molecule has 0 atom stereocenters. The predicted octanol–water partition coefficient (Wildman–Crippen LogP) is 3.20. The lowest BCUT2D eigenvalue weighted by Gasteiger charge is -2.17. The molecule has 0 unspecified atom stereocenters. The maximum atomic E-state index is 4.51. The van der Waals surface area contributed by atoms with Crippen LogP contribution in [0.2, 0.25) is 0 Å². The first-order valence-corrected chi connectivity index (χ1v) is 5.28. The lowest BCUT2D eigenvalue weighted by molar-refractivity contribution is 0.826. The molecule has 0 saturated carbocycles. The lowest BCUT2D eigenvalue weighted by Crippen LogP contribution is -2.17. The molecule has 2 rings (SSSR count). The van der Waals surface area contributed by atoms with Crippen molar-refractivity contribution in [3.8, 4) is 0 Å². The van der Waals surface area contributed by atoms with Crippen molar-refractivity contribution in [2.24, 2.45) is 4.99 Å². The number of fused-ring (bicyclic) bond motifs is 1. The van der Waals surface area contributed by atoms with Crippen LogP contribution in [0.1, 0.15) is 31.7 Å². The van der Waals surface area contributed by atoms with E-state index in [0.29, 0.717) is 0 Å². The Bertz CT molecular complexity index is 342. The zero-order valence-electron chi connectivity index (χ0n) is 8.59. The Kier molecular flexibility index (Phi) is 2.82. The van der Waals surface area contributed by atoms with Gasteiger partial charge in [0.2, 0.25) is 0 Å². The zero-order chi connectivity index (χ0) is 9.80. The molecule has 0 spiro atoms. The number of hydrogen-bond acceptors (Lipinski definition) is 2. The summed E-state index contributed by atoms with van der Waals surface area (Å²) in [5.41, 5.74) is 2.53. The van der Waals surface area contributed by atoms with Gasteiger partial charge in [-0.25, -0.2) is 0 Å². The minimum Gasteiger partial charge on any atom is -0.344 e. The Morgan fingerprint density at radius 1 is 1.36 bits per heavy atom. The van der Waals surface area contributed by atoms with Crippen molar-refractivity contribution in [1.82, 2.24) is 0 Å². The molecule has 0 radical (unpaired) electrons. The van der Waals surface area contributed by atoms with Crippen molar-refractivity contribution in [2.75, 3.05) is 5.32 Å². The van der Waals surface area contributed by atoms with E-state index in [1.807, 2.05) is 0 Å². The Morgan fingerprint density at radius 2 is 2.21 bits per heavy atom. The van der Waals surface area contributed by atoms with Crippen molar-refractivity contribution in [3.05, 3.63) is 29.8 Å². The van der Waals surface area contributed by atoms with E-state index in [1.54, 1.807) is 0 Å². The smallest absolute Gasteiger partial charge is 0.101 e. The first-order valence-electron chi connectivity index (χ1n) is 5.28. The van der Waals surface area contributed by atoms with E-state index in [4.69, 9.17) is 0 Å². The van der Waals surface area contributed by atoms with Crippen LogP contribution in [0, 0.1) is 0 Å². The number of anilines is 1. The minimum absolute atomic E-state index is 0.836. The molecule has 1 aromatic rings. The van der Waals surface area contributed by atoms with E-state index in [2.05, 4.69) is 41.5 Å². The van der Waals surface area contributed by atoms with E-state index in [1.165, 1.54) is 24.1 Å². The molecule has 1 aromatic carbocycles. The number of nitrogens with one attached hydrogen (secondary N) is 1. The van der Waals surface area contributed by atoms with Gasteiger partial charge in [0.25, 0.3) is 0 Å². The predicted molar refractivity (Wildman–Crippen MR) is 60.7 cm³/mol. The Labute approximate surface area is 85.1 Å². The first-order chi connectivity index (χ1) is 6.90. The topological polar surface area (TPSA) is 24.4 Å². The monoisotopic (exact) mass is 188 g/mol. The van der Waals surface area contributed by atoms with Gasteiger partial charge >= 0.3 is 0 Å². The fraction of sp³-hybridized carbons (Fsp3) is 0.417. The van der Waals surface area contributed by atoms with Gasteiger partial charge < -0.3 is 5.32 Å². The van der Waals surface area contributed by atoms with Crippen LogP contribution in [-0.2, 0) is 6.54 Å². The molecule has 1 heterocycles.